The van der Waals surface area contributed by atoms with E-state index < -0.39 is 15.7 Å². The molecule has 0 unspecified atom stereocenters. The lowest BCUT2D eigenvalue weighted by Gasteiger charge is -2.04. The molecular formula is C12H11N3O3S. The summed E-state index contributed by atoms with van der Waals surface area (Å²) in [5.74, 6) is -0.887. The number of primary amides is 1. The van der Waals surface area contributed by atoms with Gasteiger partial charge >= 0.3 is 0 Å². The lowest BCUT2D eigenvalue weighted by molar-refractivity contribution is 0.0999. The minimum absolute atomic E-state index is 0.125. The van der Waals surface area contributed by atoms with Gasteiger partial charge in [0.1, 0.15) is 5.88 Å². The molecule has 0 radical (unpaired) electrons. The highest BCUT2D eigenvalue weighted by molar-refractivity contribution is 7.89. The highest BCUT2D eigenvalue weighted by Gasteiger charge is 2.31. The largest absolute Gasteiger partial charge is 0.366 e. The summed E-state index contributed by atoms with van der Waals surface area (Å²) in [6, 6.07) is 5.19. The predicted molar refractivity (Wildman–Crippen MR) is 68.8 cm³/mol. The highest BCUT2D eigenvalue weighted by atomic mass is 32.2. The number of nitrogens with zero attached hydrogens (tertiary/aromatic N) is 2. The van der Waals surface area contributed by atoms with Crippen molar-refractivity contribution in [2.45, 2.75) is 11.6 Å². The second-order valence-electron chi connectivity index (χ2n) is 4.44. The van der Waals surface area contributed by atoms with Crippen LogP contribution in [0.5, 0.6) is 0 Å². The first-order valence-electron chi connectivity index (χ1n) is 5.61. The van der Waals surface area contributed by atoms with Crippen LogP contribution in [-0.4, -0.2) is 23.9 Å². The van der Waals surface area contributed by atoms with E-state index in [1.165, 1.54) is 0 Å². The summed E-state index contributed by atoms with van der Waals surface area (Å²) in [6.45, 7) is 0. The minimum Gasteiger partial charge on any atom is -0.366 e. The second kappa shape index (κ2) is 3.92. The van der Waals surface area contributed by atoms with Gasteiger partial charge in [0.25, 0.3) is 5.91 Å². The Balaban J connectivity index is 2.24. The van der Waals surface area contributed by atoms with E-state index in [1.54, 1.807) is 29.1 Å². The van der Waals surface area contributed by atoms with Gasteiger partial charge in [0.2, 0.25) is 0 Å². The van der Waals surface area contributed by atoms with Crippen LogP contribution in [0.15, 0.2) is 30.6 Å². The number of fused-ring (bicyclic) bond motifs is 1. The zero-order valence-corrected chi connectivity index (χ0v) is 10.7. The number of carbonyl (C=O) groups is 1. The maximum atomic E-state index is 11.7. The third-order valence-electron chi connectivity index (χ3n) is 3.11. The van der Waals surface area contributed by atoms with E-state index >= 15 is 0 Å². The lowest BCUT2D eigenvalue weighted by Crippen LogP contribution is -2.12. The Labute approximate surface area is 109 Å². The van der Waals surface area contributed by atoms with Crippen LogP contribution in [0.3, 0.4) is 0 Å². The Hall–Kier alpha value is -2.15. The van der Waals surface area contributed by atoms with Crippen LogP contribution in [0.4, 0.5) is 0 Å². The van der Waals surface area contributed by atoms with Gasteiger partial charge in [0, 0.05) is 23.7 Å². The van der Waals surface area contributed by atoms with Gasteiger partial charge in [-0.05, 0) is 18.2 Å². The first-order chi connectivity index (χ1) is 8.98. The normalized spacial score (nSPS) is 16.2. The number of hydrogen-bond donors (Lipinski definition) is 1. The quantitative estimate of drug-likeness (QED) is 0.866. The first-order valence-corrected chi connectivity index (χ1v) is 7.43. The van der Waals surface area contributed by atoms with E-state index in [-0.39, 0.29) is 17.2 Å². The van der Waals surface area contributed by atoms with Crippen LogP contribution in [-0.2, 0) is 21.5 Å². The molecule has 19 heavy (non-hydrogen) atoms. The minimum atomic E-state index is -3.21. The summed E-state index contributed by atoms with van der Waals surface area (Å²) in [6.07, 6.45) is 3.25. The molecular weight excluding hydrogens is 266 g/mol. The van der Waals surface area contributed by atoms with Crippen molar-refractivity contribution in [1.82, 2.24) is 9.55 Å². The smallest absolute Gasteiger partial charge is 0.250 e. The number of rotatable bonds is 2. The van der Waals surface area contributed by atoms with Gasteiger partial charge in [-0.1, -0.05) is 0 Å². The second-order valence-corrected chi connectivity index (χ2v) is 6.47. The first kappa shape index (κ1) is 11.9. The van der Waals surface area contributed by atoms with E-state index in [9.17, 15) is 13.2 Å². The van der Waals surface area contributed by atoms with Crippen molar-refractivity contribution in [2.75, 3.05) is 0 Å². The molecule has 1 aliphatic rings. The molecule has 0 saturated heterocycles. The number of nitrogens with two attached hydrogens (primary N) is 1. The predicted octanol–water partition coefficient (Wildman–Crippen LogP) is 0.535. The van der Waals surface area contributed by atoms with Crippen LogP contribution in [0.2, 0.25) is 0 Å². The average Bonchev–Trinajstić information content (AvgIpc) is 2.83. The Bertz CT molecular complexity index is 763. The Morgan fingerprint density at radius 3 is 2.84 bits per heavy atom. The zero-order chi connectivity index (χ0) is 13.6. The zero-order valence-electron chi connectivity index (χ0n) is 9.91. The van der Waals surface area contributed by atoms with Crippen LogP contribution in [0, 0.1) is 0 Å². The van der Waals surface area contributed by atoms with E-state index in [2.05, 4.69) is 4.98 Å². The molecule has 0 bridgehead atoms. The number of amides is 1. The van der Waals surface area contributed by atoms with Gasteiger partial charge in [-0.15, -0.1) is 0 Å². The van der Waals surface area contributed by atoms with Gasteiger partial charge in [-0.2, -0.15) is 0 Å². The van der Waals surface area contributed by atoms with Gasteiger partial charge in [0.05, 0.1) is 17.0 Å². The van der Waals surface area contributed by atoms with Crippen molar-refractivity contribution < 1.29 is 13.2 Å². The molecule has 0 aromatic carbocycles. The fraction of sp³-hybridized carbons (Fsp3) is 0.167. The summed E-state index contributed by atoms with van der Waals surface area (Å²) >= 11 is 0. The van der Waals surface area contributed by atoms with E-state index in [0.717, 1.165) is 5.56 Å². The molecule has 2 aromatic rings. The molecule has 0 spiro atoms. The third kappa shape index (κ3) is 1.91. The Morgan fingerprint density at radius 2 is 2.21 bits per heavy atom. The molecule has 98 valence electrons. The number of sulfone groups is 1. The molecule has 0 aliphatic carbocycles. The molecule has 2 N–H and O–H groups in total. The molecule has 2 aromatic heterocycles. The average molecular weight is 277 g/mol. The lowest BCUT2D eigenvalue weighted by atomic mass is 10.2. The SMILES string of the molecule is NC(=O)c1cc(-c2cccnc2)n2c1CS(=O)(=O)C2. The number of carbonyl (C=O) groups excluding carboxylic acids is 1. The summed E-state index contributed by atoms with van der Waals surface area (Å²) in [4.78, 5) is 15.4. The van der Waals surface area contributed by atoms with E-state index in [0.29, 0.717) is 11.4 Å². The van der Waals surface area contributed by atoms with Crippen molar-refractivity contribution in [3.63, 3.8) is 0 Å². The van der Waals surface area contributed by atoms with Crippen LogP contribution in [0.25, 0.3) is 11.3 Å². The van der Waals surface area contributed by atoms with Gasteiger partial charge in [-0.3, -0.25) is 9.78 Å². The fourth-order valence-corrected chi connectivity index (χ4v) is 3.82. The van der Waals surface area contributed by atoms with Crippen LogP contribution >= 0.6 is 0 Å². The molecule has 3 heterocycles. The number of pyridine rings is 1. The third-order valence-corrected chi connectivity index (χ3v) is 4.48. The summed E-state index contributed by atoms with van der Waals surface area (Å²) < 4.78 is 25.1. The van der Waals surface area contributed by atoms with Crippen molar-refractivity contribution in [3.8, 4) is 11.3 Å². The molecule has 0 fully saturated rings. The maximum Gasteiger partial charge on any atom is 0.250 e. The van der Waals surface area contributed by atoms with Crippen molar-refractivity contribution in [2.24, 2.45) is 5.73 Å². The summed E-state index contributed by atoms with van der Waals surface area (Å²) in [5.41, 5.74) is 7.44. The monoisotopic (exact) mass is 277 g/mol. The van der Waals surface area contributed by atoms with E-state index in [1.807, 2.05) is 6.07 Å². The van der Waals surface area contributed by atoms with Crippen LogP contribution < -0.4 is 5.73 Å². The topological polar surface area (TPSA) is 95.1 Å². The Kier molecular flexibility index (Phi) is 2.46. The van der Waals surface area contributed by atoms with Crippen molar-refractivity contribution >= 4 is 15.7 Å². The maximum absolute atomic E-state index is 11.7. The molecule has 0 atom stereocenters. The summed E-state index contributed by atoms with van der Waals surface area (Å²) in [7, 11) is -3.21. The molecule has 1 aliphatic heterocycles. The van der Waals surface area contributed by atoms with Gasteiger partial charge < -0.3 is 10.3 Å². The number of hydrogen-bond acceptors (Lipinski definition) is 4. The van der Waals surface area contributed by atoms with Gasteiger partial charge in [0.15, 0.2) is 9.84 Å². The van der Waals surface area contributed by atoms with E-state index in [4.69, 9.17) is 5.73 Å². The molecule has 7 heteroatoms. The Morgan fingerprint density at radius 1 is 1.42 bits per heavy atom. The number of aromatic nitrogens is 2. The molecule has 0 saturated carbocycles. The molecule has 6 nitrogen and oxygen atoms in total. The fourth-order valence-electron chi connectivity index (χ4n) is 2.31. The summed E-state index contributed by atoms with van der Waals surface area (Å²) in [5, 5.41) is 0. The van der Waals surface area contributed by atoms with Crippen molar-refractivity contribution in [1.29, 1.82) is 0 Å². The van der Waals surface area contributed by atoms with Crippen molar-refractivity contribution in [3.05, 3.63) is 41.9 Å². The molecule has 3 rings (SSSR count). The highest BCUT2D eigenvalue weighted by Crippen LogP contribution is 2.32. The van der Waals surface area contributed by atoms with Crippen LogP contribution in [0.1, 0.15) is 16.1 Å². The van der Waals surface area contributed by atoms with Gasteiger partial charge in [-0.25, -0.2) is 8.42 Å². The molecule has 1 amide bonds. The standard InChI is InChI=1S/C12H11N3O3S/c13-12(16)9-4-10(8-2-1-3-14-5-8)15-7-19(17,18)6-11(9)15/h1-5H,6-7H2,(H2,13,16).